The average molecular weight is 991 g/mol. The molecule has 0 unspecified atom stereocenters. The Kier molecular flexibility index (Phi) is 18.8. The third-order valence-corrected chi connectivity index (χ3v) is 5.97. The van der Waals surface area contributed by atoms with Gasteiger partial charge in [-0.05, 0) is 11.4 Å². The zero-order chi connectivity index (χ0) is 33.9. The molecule has 3 rings (SSSR count). The van der Waals surface area contributed by atoms with Gasteiger partial charge in [0.15, 0.2) is 11.6 Å². The van der Waals surface area contributed by atoms with Crippen molar-refractivity contribution in [2.24, 2.45) is 21.7 Å². The van der Waals surface area contributed by atoms with Crippen molar-refractivity contribution < 1.29 is 61.9 Å². The first-order valence-corrected chi connectivity index (χ1v) is 14.4. The van der Waals surface area contributed by atoms with Gasteiger partial charge in [-0.15, -0.1) is 0 Å². The molecule has 0 fully saturated rings. The van der Waals surface area contributed by atoms with Crippen molar-refractivity contribution >= 4 is 11.6 Å². The van der Waals surface area contributed by atoms with Gasteiger partial charge in [-0.1, -0.05) is 83.1 Å². The third-order valence-electron chi connectivity index (χ3n) is 5.97. The van der Waals surface area contributed by atoms with Gasteiger partial charge >= 0.3 is 0 Å². The summed E-state index contributed by atoms with van der Waals surface area (Å²) in [6.07, 6.45) is 12.6. The number of carbonyl (C=O) groups excluding carboxylic acids is 2. The van der Waals surface area contributed by atoms with Crippen molar-refractivity contribution in [3.63, 3.8) is 0 Å². The van der Waals surface area contributed by atoms with Crippen molar-refractivity contribution in [3.05, 3.63) is 85.1 Å². The number of hydrogen-bond acceptors (Lipinski definition) is 8. The average Bonchev–Trinajstić information content (AvgIpc) is 2.93. The number of allylic oxidation sites excluding steroid dienone is 4. The van der Waals surface area contributed by atoms with E-state index in [2.05, 4.69) is 32.1 Å². The second-order valence-corrected chi connectivity index (χ2v) is 14.4. The summed E-state index contributed by atoms with van der Waals surface area (Å²) in [7, 11) is 0. The van der Waals surface area contributed by atoms with Gasteiger partial charge in [-0.25, -0.2) is 35.4 Å². The minimum Gasteiger partial charge on any atom is -0.512 e. The molecule has 3 aromatic rings. The molecule has 0 atom stereocenters. The number of hydrogen-bond donors (Lipinski definition) is 2. The minimum atomic E-state index is -0.417. The van der Waals surface area contributed by atoms with Gasteiger partial charge in [0.25, 0.3) is 0 Å². The van der Waals surface area contributed by atoms with E-state index in [-0.39, 0.29) is 76.0 Å². The fourth-order valence-corrected chi connectivity index (χ4v) is 2.67. The van der Waals surface area contributed by atoms with Crippen LogP contribution in [0, 0.1) is 33.8 Å². The Morgan fingerprint density at radius 1 is 0.565 bits per heavy atom. The van der Waals surface area contributed by atoms with Crippen LogP contribution >= 0.6 is 0 Å². The topological polar surface area (TPSA) is 126 Å². The van der Waals surface area contributed by atoms with Crippen molar-refractivity contribution in [2.75, 3.05) is 0 Å². The number of aliphatic hydroxyl groups is 2. The minimum absolute atomic E-state index is 0. The van der Waals surface area contributed by atoms with Gasteiger partial charge in [0.1, 0.15) is 11.5 Å². The van der Waals surface area contributed by atoms with Crippen LogP contribution in [0.15, 0.2) is 73.0 Å². The fraction of sp³-hybridized carbons (Fsp3) is 0.444. The first kappa shape index (κ1) is 45.3. The molecule has 0 radical (unpaired) electrons. The molecule has 2 N–H and O–H groups in total. The van der Waals surface area contributed by atoms with E-state index in [1.807, 2.05) is 95.2 Å². The molecule has 46 heavy (non-hydrogen) atoms. The number of benzene rings is 1. The van der Waals surface area contributed by atoms with Crippen LogP contribution in [-0.2, 0) is 51.7 Å². The Hall–Kier alpha value is -2.82. The SMILES string of the molecule is CC(C)(C)C(=O)/C=C(\O)C(C)(C)C.CC(C)(C)C(=O)/C=C(\O)C(C)(C)C.[Pt].[Pt].[c-]1cc(-c2cnccn2)[c-]cc1-c1cnccn1. The van der Waals surface area contributed by atoms with Gasteiger partial charge < -0.3 is 20.2 Å². The summed E-state index contributed by atoms with van der Waals surface area (Å²) < 4.78 is 0. The maximum absolute atomic E-state index is 11.5. The van der Waals surface area contributed by atoms with Crippen LogP contribution in [-0.4, -0.2) is 41.7 Å². The van der Waals surface area contributed by atoms with Gasteiger partial charge in [-0.2, -0.15) is 0 Å². The van der Waals surface area contributed by atoms with Gasteiger partial charge in [0.05, 0.1) is 0 Å². The molecule has 0 aliphatic rings. The van der Waals surface area contributed by atoms with Crippen LogP contribution in [0.5, 0.6) is 0 Å². The molecule has 258 valence electrons. The first-order valence-electron chi connectivity index (χ1n) is 14.4. The molecular weight excluding hydrogens is 943 g/mol. The van der Waals surface area contributed by atoms with E-state index < -0.39 is 10.8 Å². The largest absolute Gasteiger partial charge is 0.512 e. The second-order valence-electron chi connectivity index (χ2n) is 14.4. The summed E-state index contributed by atoms with van der Waals surface area (Å²) in [6, 6.07) is 9.96. The van der Waals surface area contributed by atoms with Crippen LogP contribution in [0.4, 0.5) is 0 Å². The van der Waals surface area contributed by atoms with E-state index in [1.165, 1.54) is 12.2 Å². The second kappa shape index (κ2) is 19.1. The summed E-state index contributed by atoms with van der Waals surface area (Å²) in [5.41, 5.74) is 1.74. The van der Waals surface area contributed by atoms with Crippen molar-refractivity contribution in [2.45, 2.75) is 83.1 Å². The van der Waals surface area contributed by atoms with Crippen LogP contribution in [0.3, 0.4) is 0 Å². The molecule has 2 heterocycles. The summed E-state index contributed by atoms with van der Waals surface area (Å²) in [4.78, 5) is 39.4. The maximum atomic E-state index is 11.5. The molecule has 0 saturated carbocycles. The van der Waals surface area contributed by atoms with Crippen LogP contribution in [0.2, 0.25) is 0 Å². The quantitative estimate of drug-likeness (QED) is 0.152. The summed E-state index contributed by atoms with van der Waals surface area (Å²) in [5.74, 6) is 0.208. The first-order chi connectivity index (χ1) is 20.0. The smallest absolute Gasteiger partial charge is 0.164 e. The molecule has 1 aromatic carbocycles. The monoisotopic (exact) mass is 990 g/mol. The van der Waals surface area contributed by atoms with Gasteiger partial charge in [0, 0.05) is 113 Å². The van der Waals surface area contributed by atoms with Crippen LogP contribution in [0.25, 0.3) is 22.5 Å². The molecule has 0 spiro atoms. The van der Waals surface area contributed by atoms with E-state index in [9.17, 15) is 19.8 Å². The van der Waals surface area contributed by atoms with Gasteiger partial charge in [-0.3, -0.25) is 19.6 Å². The Morgan fingerprint density at radius 3 is 1.07 bits per heavy atom. The van der Waals surface area contributed by atoms with E-state index in [4.69, 9.17) is 0 Å². The summed E-state index contributed by atoms with van der Waals surface area (Å²) >= 11 is 0. The fourth-order valence-electron chi connectivity index (χ4n) is 2.67. The molecule has 0 aliphatic carbocycles. The van der Waals surface area contributed by atoms with Crippen molar-refractivity contribution in [3.8, 4) is 22.5 Å². The molecule has 8 nitrogen and oxygen atoms in total. The Bertz CT molecular complexity index is 1300. The Labute approximate surface area is 304 Å². The summed E-state index contributed by atoms with van der Waals surface area (Å²) in [6.45, 7) is 22.2. The zero-order valence-corrected chi connectivity index (χ0v) is 33.5. The van der Waals surface area contributed by atoms with Crippen molar-refractivity contribution in [1.29, 1.82) is 0 Å². The predicted octanol–water partition coefficient (Wildman–Crippen LogP) is 8.38. The van der Waals surface area contributed by atoms with E-state index in [1.54, 1.807) is 37.2 Å². The molecule has 2 aromatic heterocycles. The predicted molar refractivity (Wildman–Crippen MR) is 175 cm³/mol. The molecule has 0 aliphatic heterocycles. The number of aromatic nitrogens is 4. The number of aliphatic hydroxyl groups excluding tert-OH is 2. The third kappa shape index (κ3) is 16.7. The van der Waals surface area contributed by atoms with Crippen LogP contribution in [0.1, 0.15) is 83.1 Å². The van der Waals surface area contributed by atoms with Crippen LogP contribution < -0.4 is 0 Å². The molecule has 0 amide bonds. The van der Waals surface area contributed by atoms with Crippen molar-refractivity contribution in [1.82, 2.24) is 19.9 Å². The maximum Gasteiger partial charge on any atom is 0.164 e. The standard InChI is InChI=1S/C14H8N4.2C11H20O2.2Pt/c1-2-12(14-10-16-6-8-18-14)4-3-11(1)13-9-15-5-7-17-13;2*1-10(2,3)8(12)7-9(13)11(4,5)6;;/h1,4-10H;2*7,12H,1-6H3;;/q-2;;;;/b;2*8-7-;;. The zero-order valence-electron chi connectivity index (χ0n) is 28.9. The Morgan fingerprint density at radius 2 is 0.870 bits per heavy atom. The van der Waals surface area contributed by atoms with E-state index in [0.717, 1.165) is 22.5 Å². The Balaban J connectivity index is 0. The summed E-state index contributed by atoms with van der Waals surface area (Å²) in [5, 5.41) is 19.1. The molecular formula is C36H48N4O4Pt2-2. The normalized spacial score (nSPS) is 12.2. The van der Waals surface area contributed by atoms with Gasteiger partial charge in [0.2, 0.25) is 0 Å². The van der Waals surface area contributed by atoms with E-state index >= 15 is 0 Å². The molecule has 0 bridgehead atoms. The number of nitrogens with zero attached hydrogens (tertiary/aromatic N) is 4. The molecule has 10 heteroatoms. The molecule has 0 saturated heterocycles. The number of carbonyl (C=O) groups is 2. The number of rotatable bonds is 4. The van der Waals surface area contributed by atoms with E-state index in [0.29, 0.717) is 0 Å². The number of ketones is 2.